The van der Waals surface area contributed by atoms with Crippen LogP contribution < -0.4 is 0 Å². The molecule has 0 saturated heterocycles. The predicted octanol–water partition coefficient (Wildman–Crippen LogP) is 4.99. The highest BCUT2D eigenvalue weighted by Gasteiger charge is 2.24. The van der Waals surface area contributed by atoms with E-state index in [4.69, 9.17) is 0 Å². The van der Waals surface area contributed by atoms with Gasteiger partial charge in [-0.2, -0.15) is 0 Å². The van der Waals surface area contributed by atoms with Crippen molar-refractivity contribution in [3.63, 3.8) is 0 Å². The number of hydrogen-bond acceptors (Lipinski definition) is 0. The molecule has 3 atom stereocenters. The smallest absolute Gasteiger partial charge is 0.103 e. The lowest BCUT2D eigenvalue weighted by Crippen LogP contribution is -2.22. The Morgan fingerprint density at radius 1 is 0.619 bits per heavy atom. The Kier molecular flexibility index (Phi) is 18.1. The third-order valence-electron chi connectivity index (χ3n) is 4.66. The van der Waals surface area contributed by atoms with Crippen LogP contribution in [0.1, 0.15) is 86.5 Å². The van der Waals surface area contributed by atoms with Gasteiger partial charge in [0.05, 0.1) is 0 Å². The SMILES string of the molecule is CC.CC1CCC(C)C(F)C1.CC1CCC(C)CC1.O.O. The van der Waals surface area contributed by atoms with Gasteiger partial charge < -0.3 is 11.0 Å². The van der Waals surface area contributed by atoms with Gasteiger partial charge >= 0.3 is 0 Å². The molecule has 3 unspecified atom stereocenters. The van der Waals surface area contributed by atoms with E-state index in [9.17, 15) is 4.39 Å². The first kappa shape index (κ1) is 25.8. The summed E-state index contributed by atoms with van der Waals surface area (Å²) in [7, 11) is 0. The van der Waals surface area contributed by atoms with Gasteiger partial charge in [-0.15, -0.1) is 0 Å². The van der Waals surface area contributed by atoms with Gasteiger partial charge in [-0.1, -0.05) is 73.6 Å². The van der Waals surface area contributed by atoms with Crippen molar-refractivity contribution in [1.82, 2.24) is 0 Å². The lowest BCUT2D eigenvalue weighted by molar-refractivity contribution is 0.145. The summed E-state index contributed by atoms with van der Waals surface area (Å²) in [6.07, 6.45) is 8.48. The van der Waals surface area contributed by atoms with Gasteiger partial charge in [-0.25, -0.2) is 4.39 Å². The lowest BCUT2D eigenvalue weighted by Gasteiger charge is -2.26. The molecule has 0 aromatic carbocycles. The molecule has 0 aromatic rings. The average molecular weight is 309 g/mol. The molecule has 21 heavy (non-hydrogen) atoms. The van der Waals surface area contributed by atoms with Gasteiger partial charge in [0.2, 0.25) is 0 Å². The van der Waals surface area contributed by atoms with Crippen LogP contribution in [0.15, 0.2) is 0 Å². The fraction of sp³-hybridized carbons (Fsp3) is 1.00. The van der Waals surface area contributed by atoms with E-state index >= 15 is 0 Å². The Hall–Kier alpha value is -0.150. The summed E-state index contributed by atoms with van der Waals surface area (Å²) in [4.78, 5) is 0. The molecule has 2 fully saturated rings. The molecule has 0 radical (unpaired) electrons. The Morgan fingerprint density at radius 3 is 1.24 bits per heavy atom. The van der Waals surface area contributed by atoms with Crippen LogP contribution in [0.4, 0.5) is 4.39 Å². The van der Waals surface area contributed by atoms with Crippen LogP contribution in [-0.2, 0) is 0 Å². The van der Waals surface area contributed by atoms with E-state index in [0.717, 1.165) is 24.7 Å². The van der Waals surface area contributed by atoms with Crippen LogP contribution in [0.2, 0.25) is 0 Å². The van der Waals surface area contributed by atoms with E-state index in [1.807, 2.05) is 20.8 Å². The van der Waals surface area contributed by atoms with Crippen LogP contribution in [0, 0.1) is 23.7 Å². The van der Waals surface area contributed by atoms with E-state index in [-0.39, 0.29) is 11.0 Å². The Morgan fingerprint density at radius 2 is 0.952 bits per heavy atom. The quantitative estimate of drug-likeness (QED) is 0.605. The molecule has 3 heteroatoms. The molecule has 2 saturated carbocycles. The Balaban J connectivity index is -0.000000255. The first-order valence-electron chi connectivity index (χ1n) is 8.63. The lowest BCUT2D eigenvalue weighted by atomic mass is 9.83. The molecule has 0 heterocycles. The monoisotopic (exact) mass is 308 g/mol. The maximum absolute atomic E-state index is 12.8. The minimum atomic E-state index is -0.520. The van der Waals surface area contributed by atoms with Gasteiger partial charge in [0, 0.05) is 0 Å². The largest absolute Gasteiger partial charge is 0.412 e. The third kappa shape index (κ3) is 12.1. The maximum Gasteiger partial charge on any atom is 0.103 e. The minimum absolute atomic E-state index is 0. The summed E-state index contributed by atoms with van der Waals surface area (Å²) in [6.45, 7) is 12.9. The second-order valence-electron chi connectivity index (χ2n) is 6.78. The van der Waals surface area contributed by atoms with E-state index in [2.05, 4.69) is 20.8 Å². The van der Waals surface area contributed by atoms with Crippen LogP contribution in [0.25, 0.3) is 0 Å². The molecule has 2 aliphatic rings. The zero-order valence-corrected chi connectivity index (χ0v) is 15.2. The van der Waals surface area contributed by atoms with E-state index < -0.39 is 6.17 Å². The third-order valence-corrected chi connectivity index (χ3v) is 4.66. The summed E-state index contributed by atoms with van der Waals surface area (Å²) in [6, 6.07) is 0. The molecule has 0 aliphatic heterocycles. The highest BCUT2D eigenvalue weighted by molar-refractivity contribution is 4.74. The maximum atomic E-state index is 12.8. The summed E-state index contributed by atoms with van der Waals surface area (Å²) in [5, 5.41) is 0. The van der Waals surface area contributed by atoms with Gasteiger partial charge in [-0.05, 0) is 36.5 Å². The molecule has 0 bridgehead atoms. The summed E-state index contributed by atoms with van der Waals surface area (Å²) in [5.41, 5.74) is 0. The summed E-state index contributed by atoms with van der Waals surface area (Å²) >= 11 is 0. The fourth-order valence-electron chi connectivity index (χ4n) is 2.89. The molecule has 0 amide bonds. The van der Waals surface area contributed by atoms with Crippen LogP contribution in [0.3, 0.4) is 0 Å². The van der Waals surface area contributed by atoms with Crippen molar-refractivity contribution in [1.29, 1.82) is 0 Å². The second-order valence-corrected chi connectivity index (χ2v) is 6.78. The highest BCUT2D eigenvalue weighted by atomic mass is 19.1. The van der Waals surface area contributed by atoms with Crippen molar-refractivity contribution >= 4 is 0 Å². The van der Waals surface area contributed by atoms with Crippen molar-refractivity contribution < 1.29 is 15.3 Å². The first-order valence-corrected chi connectivity index (χ1v) is 8.63. The highest BCUT2D eigenvalue weighted by Crippen LogP contribution is 2.30. The Bertz CT molecular complexity index is 193. The summed E-state index contributed by atoms with van der Waals surface area (Å²) < 4.78 is 12.8. The standard InChI is InChI=1S/C8H15F.C8H16.C2H6.2H2O/c1-6-3-4-7(2)8(9)5-6;1-7-3-5-8(2)6-4-7;1-2;;/h6-8H,3-5H2,1-2H3;7-8H,3-6H2,1-2H3;1-2H3;2*1H2. The normalized spacial score (nSPS) is 34.7. The first-order chi connectivity index (χ1) is 8.99. The molecule has 4 N–H and O–H groups in total. The van der Waals surface area contributed by atoms with Crippen molar-refractivity contribution in [3.8, 4) is 0 Å². The van der Waals surface area contributed by atoms with Crippen molar-refractivity contribution in [2.24, 2.45) is 23.7 Å². The number of rotatable bonds is 0. The van der Waals surface area contributed by atoms with Crippen molar-refractivity contribution in [2.45, 2.75) is 92.7 Å². The zero-order chi connectivity index (χ0) is 14.8. The molecular formula is C18H41FO2. The Labute approximate surface area is 132 Å². The van der Waals surface area contributed by atoms with Crippen LogP contribution >= 0.6 is 0 Å². The molecule has 0 aromatic heterocycles. The molecule has 2 aliphatic carbocycles. The zero-order valence-electron chi connectivity index (χ0n) is 15.2. The molecular weight excluding hydrogens is 267 g/mol. The van der Waals surface area contributed by atoms with Gasteiger partial charge in [0.15, 0.2) is 0 Å². The predicted molar refractivity (Wildman–Crippen MR) is 92.4 cm³/mol. The van der Waals surface area contributed by atoms with E-state index in [1.54, 1.807) is 0 Å². The van der Waals surface area contributed by atoms with E-state index in [0.29, 0.717) is 11.8 Å². The van der Waals surface area contributed by atoms with Crippen molar-refractivity contribution in [2.75, 3.05) is 0 Å². The topological polar surface area (TPSA) is 63.0 Å². The molecule has 0 spiro atoms. The van der Waals surface area contributed by atoms with Crippen molar-refractivity contribution in [3.05, 3.63) is 0 Å². The van der Waals surface area contributed by atoms with Crippen LogP contribution in [-0.4, -0.2) is 17.1 Å². The molecule has 2 nitrogen and oxygen atoms in total. The van der Waals surface area contributed by atoms with Crippen LogP contribution in [0.5, 0.6) is 0 Å². The average Bonchev–Trinajstić information content (AvgIpc) is 2.41. The summed E-state index contributed by atoms with van der Waals surface area (Å²) in [5.74, 6) is 2.98. The van der Waals surface area contributed by atoms with Gasteiger partial charge in [0.25, 0.3) is 0 Å². The minimum Gasteiger partial charge on any atom is -0.412 e. The molecule has 2 rings (SSSR count). The second kappa shape index (κ2) is 14.8. The fourth-order valence-corrected chi connectivity index (χ4v) is 2.89. The van der Waals surface area contributed by atoms with Gasteiger partial charge in [0.1, 0.15) is 6.17 Å². The molecule has 132 valence electrons. The number of alkyl halides is 1. The number of hydrogen-bond donors (Lipinski definition) is 0. The van der Waals surface area contributed by atoms with E-state index in [1.165, 1.54) is 32.1 Å². The number of halogens is 1. The van der Waals surface area contributed by atoms with Gasteiger partial charge in [-0.3, -0.25) is 0 Å².